The van der Waals surface area contributed by atoms with E-state index in [1.165, 1.54) is 122 Å². The van der Waals surface area contributed by atoms with Crippen LogP contribution in [0, 0.1) is 0 Å². The Hall–Kier alpha value is -5.66. The van der Waals surface area contributed by atoms with Gasteiger partial charge in [0.25, 0.3) is 0 Å². The van der Waals surface area contributed by atoms with E-state index in [2.05, 4.69) is 198 Å². The fourth-order valence-electron chi connectivity index (χ4n) is 10.5. The number of aryl methyl sites for hydroxylation is 2. The van der Waals surface area contributed by atoms with Gasteiger partial charge in [-0.15, -0.1) is 0 Å². The first-order valence-corrected chi connectivity index (χ1v) is 21.6. The first-order valence-electron chi connectivity index (χ1n) is 21.6. The van der Waals surface area contributed by atoms with Crippen LogP contribution in [0.4, 0.5) is 17.1 Å². The van der Waals surface area contributed by atoms with E-state index in [4.69, 9.17) is 0 Å². The van der Waals surface area contributed by atoms with Crippen molar-refractivity contribution < 1.29 is 0 Å². The third-order valence-electron chi connectivity index (χ3n) is 14.1. The molecule has 0 aliphatic heterocycles. The summed E-state index contributed by atoms with van der Waals surface area (Å²) in [6.07, 6.45) is 7.44. The average Bonchev–Trinajstić information content (AvgIpc) is 3.47. The van der Waals surface area contributed by atoms with Crippen LogP contribution >= 0.6 is 0 Å². The van der Waals surface area contributed by atoms with E-state index < -0.39 is 0 Å². The first kappa shape index (κ1) is 36.7. The molecule has 0 heterocycles. The summed E-state index contributed by atoms with van der Waals surface area (Å²) < 4.78 is 0. The van der Waals surface area contributed by atoms with Crippen LogP contribution in [0.1, 0.15) is 101 Å². The number of anilines is 3. The molecule has 3 aliphatic rings. The van der Waals surface area contributed by atoms with Gasteiger partial charge >= 0.3 is 0 Å². The Labute approximate surface area is 346 Å². The van der Waals surface area contributed by atoms with E-state index >= 15 is 0 Å². The lowest BCUT2D eigenvalue weighted by molar-refractivity contribution is 0.332. The third kappa shape index (κ3) is 6.13. The van der Waals surface area contributed by atoms with Crippen LogP contribution in [0.3, 0.4) is 0 Å². The predicted molar refractivity (Wildman–Crippen MR) is 247 cm³/mol. The van der Waals surface area contributed by atoms with Crippen molar-refractivity contribution in [1.29, 1.82) is 0 Å². The molecule has 0 amide bonds. The number of rotatable bonds is 6. The van der Waals surface area contributed by atoms with Gasteiger partial charge in [0.2, 0.25) is 0 Å². The Kier molecular flexibility index (Phi) is 8.68. The van der Waals surface area contributed by atoms with E-state index in [9.17, 15) is 0 Å². The molecule has 0 saturated carbocycles. The minimum atomic E-state index is -0.128. The van der Waals surface area contributed by atoms with Crippen molar-refractivity contribution >= 4 is 17.1 Å². The van der Waals surface area contributed by atoms with Crippen molar-refractivity contribution in [1.82, 2.24) is 0 Å². The number of hydrogen-bond acceptors (Lipinski definition) is 1. The summed E-state index contributed by atoms with van der Waals surface area (Å²) in [6, 6.07) is 57.9. The van der Waals surface area contributed by atoms with E-state index in [0.29, 0.717) is 0 Å². The van der Waals surface area contributed by atoms with Gasteiger partial charge in [0, 0.05) is 22.4 Å². The minimum Gasteiger partial charge on any atom is -0.310 e. The topological polar surface area (TPSA) is 3.24 Å². The van der Waals surface area contributed by atoms with Gasteiger partial charge in [-0.3, -0.25) is 0 Å². The van der Waals surface area contributed by atoms with Crippen LogP contribution in [0.15, 0.2) is 152 Å². The maximum absolute atomic E-state index is 2.50. The summed E-state index contributed by atoms with van der Waals surface area (Å²) in [6.45, 7) is 14.4. The van der Waals surface area contributed by atoms with Crippen molar-refractivity contribution in [2.24, 2.45) is 0 Å². The second kappa shape index (κ2) is 13.7. The molecule has 1 nitrogen and oxygen atoms in total. The van der Waals surface area contributed by atoms with Crippen molar-refractivity contribution in [2.45, 2.75) is 96.3 Å². The molecule has 0 radical (unpaired) electrons. The number of nitrogens with zero attached hydrogens (tertiary/aromatic N) is 1. The fourth-order valence-corrected chi connectivity index (χ4v) is 10.5. The van der Waals surface area contributed by atoms with Crippen LogP contribution in [0.2, 0.25) is 0 Å². The Balaban J connectivity index is 1.11. The fraction of sp³-hybridized carbons (Fsp3) is 0.263. The van der Waals surface area contributed by atoms with Crippen LogP contribution in [0.25, 0.3) is 44.5 Å². The van der Waals surface area contributed by atoms with Crippen LogP contribution in [-0.4, -0.2) is 0 Å². The SMILES string of the molecule is CC1(C)CCC(C)(C)c2cc(-c3ccc(N(c4ccccc4)c4cc5c(cc4-c4ccc(-c6ccc7c(c6)CCCC7)cc4)-c4ccccc4C5(C)C)cc3)ccc21. The first-order chi connectivity index (χ1) is 28.0. The Morgan fingerprint density at radius 2 is 0.948 bits per heavy atom. The number of fused-ring (bicyclic) bond motifs is 5. The highest BCUT2D eigenvalue weighted by Crippen LogP contribution is 2.54. The highest BCUT2D eigenvalue weighted by molar-refractivity contribution is 5.95. The molecule has 10 rings (SSSR count). The van der Waals surface area contributed by atoms with E-state index in [1.54, 1.807) is 0 Å². The Morgan fingerprint density at radius 3 is 1.69 bits per heavy atom. The Morgan fingerprint density at radius 1 is 0.379 bits per heavy atom. The van der Waals surface area contributed by atoms with E-state index in [0.717, 1.165) is 11.4 Å². The van der Waals surface area contributed by atoms with Gasteiger partial charge < -0.3 is 4.90 Å². The zero-order valence-electron chi connectivity index (χ0n) is 35.1. The molecule has 0 unspecified atom stereocenters. The van der Waals surface area contributed by atoms with Crippen LogP contribution < -0.4 is 4.90 Å². The molecule has 1 heteroatoms. The zero-order chi connectivity index (χ0) is 39.8. The van der Waals surface area contributed by atoms with E-state index in [-0.39, 0.29) is 16.2 Å². The third-order valence-corrected chi connectivity index (χ3v) is 14.1. The molecular formula is C57H55N. The lowest BCUT2D eigenvalue weighted by Gasteiger charge is -2.42. The van der Waals surface area contributed by atoms with Gasteiger partial charge in [0.15, 0.2) is 0 Å². The molecule has 58 heavy (non-hydrogen) atoms. The maximum atomic E-state index is 2.50. The predicted octanol–water partition coefficient (Wildman–Crippen LogP) is 15.7. The van der Waals surface area contributed by atoms with Crippen LogP contribution in [-0.2, 0) is 29.1 Å². The number of para-hydroxylation sites is 1. The van der Waals surface area contributed by atoms with Gasteiger partial charge in [-0.25, -0.2) is 0 Å². The summed E-state index contributed by atoms with van der Waals surface area (Å²) in [7, 11) is 0. The van der Waals surface area contributed by atoms with Crippen molar-refractivity contribution in [3.05, 3.63) is 185 Å². The van der Waals surface area contributed by atoms with E-state index in [1.807, 2.05) is 0 Å². The molecule has 7 aromatic rings. The quantitative estimate of drug-likeness (QED) is 0.163. The van der Waals surface area contributed by atoms with Crippen molar-refractivity contribution in [3.63, 3.8) is 0 Å². The monoisotopic (exact) mass is 753 g/mol. The molecule has 0 saturated heterocycles. The summed E-state index contributed by atoms with van der Waals surface area (Å²) in [5.41, 5.74) is 22.8. The standard InChI is InChI=1S/C57H55N/c1-55(2)32-33-56(3,4)53-35-44(28-31-51(53)55)40-26-29-46(30-27-40)58(45-16-8-7-9-17-45)54-37-52-49(47-18-12-13-19-50(47)57(52,5)6)36-48(54)41-23-20-39(21-24-41)43-25-22-38-14-10-11-15-42(38)34-43/h7-9,12-13,16-31,34-37H,10-11,14-15,32-33H2,1-6H3. The number of hydrogen-bond donors (Lipinski definition) is 0. The van der Waals surface area contributed by atoms with Crippen molar-refractivity contribution in [3.8, 4) is 44.5 Å². The molecular weight excluding hydrogens is 699 g/mol. The molecule has 0 spiro atoms. The summed E-state index contributed by atoms with van der Waals surface area (Å²) in [4.78, 5) is 2.48. The van der Waals surface area contributed by atoms with Crippen molar-refractivity contribution in [2.75, 3.05) is 4.90 Å². The number of benzene rings is 7. The van der Waals surface area contributed by atoms with Gasteiger partial charge in [0.1, 0.15) is 0 Å². The summed E-state index contributed by atoms with van der Waals surface area (Å²) in [5.74, 6) is 0. The Bertz CT molecular complexity index is 2670. The lowest BCUT2D eigenvalue weighted by Crippen LogP contribution is -2.33. The van der Waals surface area contributed by atoms with Crippen LogP contribution in [0.5, 0.6) is 0 Å². The molecule has 0 aromatic heterocycles. The molecule has 3 aliphatic carbocycles. The normalized spacial score (nSPS) is 16.8. The van der Waals surface area contributed by atoms with Gasteiger partial charge in [-0.05, 0) is 158 Å². The van der Waals surface area contributed by atoms with Gasteiger partial charge in [-0.1, -0.05) is 157 Å². The largest absolute Gasteiger partial charge is 0.310 e. The molecule has 0 N–H and O–H groups in total. The maximum Gasteiger partial charge on any atom is 0.0543 e. The second-order valence-corrected chi connectivity index (χ2v) is 19.1. The molecule has 0 bridgehead atoms. The van der Waals surface area contributed by atoms with Gasteiger partial charge in [0.05, 0.1) is 5.69 Å². The smallest absolute Gasteiger partial charge is 0.0543 e. The lowest BCUT2D eigenvalue weighted by atomic mass is 9.63. The highest BCUT2D eigenvalue weighted by atomic mass is 15.1. The summed E-state index contributed by atoms with van der Waals surface area (Å²) >= 11 is 0. The minimum absolute atomic E-state index is 0.128. The molecule has 7 aromatic carbocycles. The molecule has 288 valence electrons. The highest BCUT2D eigenvalue weighted by Gasteiger charge is 2.38. The zero-order valence-corrected chi connectivity index (χ0v) is 35.1. The summed E-state index contributed by atoms with van der Waals surface area (Å²) in [5, 5.41) is 0. The van der Waals surface area contributed by atoms with Gasteiger partial charge in [-0.2, -0.15) is 0 Å². The second-order valence-electron chi connectivity index (χ2n) is 19.1. The average molecular weight is 754 g/mol. The molecule has 0 atom stereocenters. The molecule has 0 fully saturated rings.